The molecule has 0 saturated carbocycles. The van der Waals surface area contributed by atoms with Crippen molar-refractivity contribution < 1.29 is 14.2 Å². The largest absolute Gasteiger partial charge is 0.458 e. The highest BCUT2D eigenvalue weighted by molar-refractivity contribution is 8.00. The number of rotatable bonds is 2. The molecule has 7 aromatic rings. The number of fused-ring (bicyclic) bond motifs is 12. The predicted octanol–water partition coefficient (Wildman–Crippen LogP) is 4.68. The highest BCUT2D eigenvalue weighted by Crippen LogP contribution is 2.46. The lowest BCUT2D eigenvalue weighted by Gasteiger charge is -2.44. The average molecular weight is 818 g/mol. The van der Waals surface area contributed by atoms with E-state index in [0.717, 1.165) is 94.8 Å². The van der Waals surface area contributed by atoms with Gasteiger partial charge in [-0.3, -0.25) is 8.61 Å². The van der Waals surface area contributed by atoms with Crippen LogP contribution in [0.3, 0.4) is 0 Å². The first-order chi connectivity index (χ1) is 30.0. The van der Waals surface area contributed by atoms with Crippen LogP contribution in [0.5, 0.6) is 34.5 Å². The molecular formula is C47H25B3N6O3S2. The van der Waals surface area contributed by atoms with Crippen molar-refractivity contribution >= 4 is 127 Å². The molecule has 0 aromatic heterocycles. The molecule has 61 heavy (non-hydrogen) atoms. The van der Waals surface area contributed by atoms with Crippen LogP contribution in [0.2, 0.25) is 0 Å². The highest BCUT2D eigenvalue weighted by Gasteiger charge is 2.48. The third-order valence-electron chi connectivity index (χ3n) is 12.9. The van der Waals surface area contributed by atoms with Crippen LogP contribution in [0.15, 0.2) is 109 Å². The van der Waals surface area contributed by atoms with E-state index in [-0.39, 0.29) is 20.1 Å². The Balaban J connectivity index is 1.09. The Morgan fingerprint density at radius 2 is 0.934 bits per heavy atom. The van der Waals surface area contributed by atoms with E-state index in [4.69, 9.17) is 14.2 Å². The van der Waals surface area contributed by atoms with E-state index in [1.54, 1.807) is 23.9 Å². The van der Waals surface area contributed by atoms with Crippen molar-refractivity contribution in [1.82, 2.24) is 0 Å². The van der Waals surface area contributed by atoms with Crippen molar-refractivity contribution in [3.8, 4) is 52.7 Å². The molecule has 6 aliphatic rings. The summed E-state index contributed by atoms with van der Waals surface area (Å²) in [5.74, 6) is 4.16. The number of nitrogens with one attached hydrogen (secondary N) is 1. The second-order valence-electron chi connectivity index (χ2n) is 15.8. The molecule has 14 heteroatoms. The molecule has 0 aliphatic carbocycles. The zero-order valence-electron chi connectivity index (χ0n) is 32.4. The van der Waals surface area contributed by atoms with E-state index in [2.05, 4.69) is 87.1 Å². The summed E-state index contributed by atoms with van der Waals surface area (Å²) >= 11 is 3.21. The van der Waals surface area contributed by atoms with Gasteiger partial charge in [-0.15, -0.1) is 0 Å². The van der Waals surface area contributed by atoms with E-state index in [0.29, 0.717) is 39.7 Å². The van der Waals surface area contributed by atoms with Crippen molar-refractivity contribution in [3.63, 3.8) is 0 Å². The lowest BCUT2D eigenvalue weighted by atomic mass is 9.29. The van der Waals surface area contributed by atoms with Gasteiger partial charge in [-0.2, -0.15) is 15.8 Å². The maximum absolute atomic E-state index is 10.5. The molecule has 0 radical (unpaired) electrons. The van der Waals surface area contributed by atoms with Crippen molar-refractivity contribution in [1.29, 1.82) is 15.8 Å². The fraction of sp³-hybridized carbons (Fsp3) is 0.0426. The maximum atomic E-state index is 10.5. The molecule has 0 spiro atoms. The zero-order chi connectivity index (χ0) is 40.8. The SMILES string of the molecule is CSN1c2cc3c(cc2B2c4cc5c(cc4N(SC)c4cc(C#N)cc1c42)Oc1cc(C#N)cc2c1B5c1ccccc1O2)B1c2ccccc2Oc2cc(C#N)cc(c21)N3. The number of benzene rings is 7. The van der Waals surface area contributed by atoms with Gasteiger partial charge in [0, 0.05) is 41.1 Å². The Labute approximate surface area is 360 Å². The maximum Gasteiger partial charge on any atom is 0.260 e. The Morgan fingerprint density at radius 3 is 1.54 bits per heavy atom. The van der Waals surface area contributed by atoms with E-state index in [1.165, 1.54) is 0 Å². The molecule has 0 unspecified atom stereocenters. The van der Waals surface area contributed by atoms with Crippen LogP contribution in [-0.2, 0) is 0 Å². The summed E-state index contributed by atoms with van der Waals surface area (Å²) in [5.41, 5.74) is 16.8. The zero-order valence-corrected chi connectivity index (χ0v) is 34.0. The van der Waals surface area contributed by atoms with Gasteiger partial charge >= 0.3 is 0 Å². The summed E-state index contributed by atoms with van der Waals surface area (Å²) in [6.45, 7) is -0.575. The minimum absolute atomic E-state index is 0.150. The molecule has 0 fully saturated rings. The molecule has 9 nitrogen and oxygen atoms in total. The van der Waals surface area contributed by atoms with E-state index >= 15 is 0 Å². The van der Waals surface area contributed by atoms with E-state index in [1.807, 2.05) is 66.7 Å². The number of anilines is 6. The number of nitrogens with zero attached hydrogens (tertiary/aromatic N) is 5. The fourth-order valence-corrected chi connectivity index (χ4v) is 11.9. The minimum atomic E-state index is -0.223. The van der Waals surface area contributed by atoms with Gasteiger partial charge < -0.3 is 19.5 Å². The molecule has 282 valence electrons. The third-order valence-corrected chi connectivity index (χ3v) is 14.4. The monoisotopic (exact) mass is 818 g/mol. The molecule has 6 heterocycles. The first-order valence-corrected chi connectivity index (χ1v) is 22.1. The topological polar surface area (TPSA) is 118 Å². The summed E-state index contributed by atoms with van der Waals surface area (Å²) in [4.78, 5) is 0. The van der Waals surface area contributed by atoms with Crippen molar-refractivity contribution in [2.24, 2.45) is 0 Å². The van der Waals surface area contributed by atoms with Gasteiger partial charge in [-0.05, 0) is 122 Å². The van der Waals surface area contributed by atoms with Gasteiger partial charge in [-0.1, -0.05) is 48.5 Å². The van der Waals surface area contributed by atoms with Gasteiger partial charge in [0.05, 0.1) is 52.0 Å². The van der Waals surface area contributed by atoms with Crippen molar-refractivity contribution in [2.75, 3.05) is 26.4 Å². The number of para-hydroxylation sites is 2. The Kier molecular flexibility index (Phi) is 7.01. The van der Waals surface area contributed by atoms with Gasteiger partial charge in [-0.25, -0.2) is 0 Å². The smallest absolute Gasteiger partial charge is 0.260 e. The fourth-order valence-electron chi connectivity index (χ4n) is 10.5. The highest BCUT2D eigenvalue weighted by atomic mass is 32.2. The van der Waals surface area contributed by atoms with Crippen LogP contribution >= 0.6 is 23.9 Å². The molecule has 1 N–H and O–H groups in total. The Bertz CT molecular complexity index is 3150. The summed E-state index contributed by atoms with van der Waals surface area (Å²) in [6.07, 6.45) is 4.13. The second-order valence-corrected chi connectivity index (χ2v) is 17.3. The first-order valence-electron chi connectivity index (χ1n) is 19.7. The lowest BCUT2D eigenvalue weighted by Crippen LogP contribution is -2.65. The molecule has 0 saturated heterocycles. The van der Waals surface area contributed by atoms with Crippen molar-refractivity contribution in [2.45, 2.75) is 0 Å². The van der Waals surface area contributed by atoms with Crippen LogP contribution in [0, 0.1) is 34.0 Å². The Hall–Kier alpha value is -7.30. The van der Waals surface area contributed by atoms with Crippen LogP contribution < -0.4 is 77.3 Å². The number of hydrogen-bond acceptors (Lipinski definition) is 11. The molecular weight excluding hydrogens is 793 g/mol. The van der Waals surface area contributed by atoms with Crippen molar-refractivity contribution in [3.05, 3.63) is 126 Å². The molecule has 0 bridgehead atoms. The van der Waals surface area contributed by atoms with E-state index < -0.39 is 0 Å². The molecule has 13 rings (SSSR count). The predicted molar refractivity (Wildman–Crippen MR) is 248 cm³/mol. The van der Waals surface area contributed by atoms with Gasteiger partial charge in [0.15, 0.2) is 0 Å². The summed E-state index contributed by atoms with van der Waals surface area (Å²) in [7, 11) is 0. The van der Waals surface area contributed by atoms with Gasteiger partial charge in [0.2, 0.25) is 0 Å². The second kappa shape index (κ2) is 12.4. The normalized spacial score (nSPS) is 14.2. The van der Waals surface area contributed by atoms with Crippen LogP contribution in [0.1, 0.15) is 16.7 Å². The van der Waals surface area contributed by atoms with Crippen LogP contribution in [-0.4, -0.2) is 32.6 Å². The first kappa shape index (κ1) is 34.6. The molecule has 6 aliphatic heterocycles. The third kappa shape index (κ3) is 4.54. The summed E-state index contributed by atoms with van der Waals surface area (Å²) in [5, 5.41) is 34.3. The summed E-state index contributed by atoms with van der Waals surface area (Å²) < 4.78 is 24.3. The molecule has 7 aromatic carbocycles. The standard InChI is InChI=1S/C47H25B3N6O3S2/c1-60-55-35-19-33-29(48-27-7-3-5-9-39(27)57-42-14-24(21-51)11-34(54-33)45(42)48)17-30(35)50-31-18-32-41(20-36(31)56(61-2)38-13-25(22-52)12-37(55)46(38)50)59-44-16-26(23-53)15-43-47(44)49(32)28-8-4-6-10-40(28)58-43/h3-20,54H,1-2H3. The number of hydrogen-bond donors (Lipinski definition) is 1. The van der Waals surface area contributed by atoms with E-state index in [9.17, 15) is 15.8 Å². The molecule has 0 amide bonds. The molecule has 0 atom stereocenters. The summed E-state index contributed by atoms with van der Waals surface area (Å²) in [6, 6.07) is 43.9. The van der Waals surface area contributed by atoms with Gasteiger partial charge in [0.25, 0.3) is 20.1 Å². The number of ether oxygens (including phenoxy) is 3. The quantitative estimate of drug-likeness (QED) is 0.194. The average Bonchev–Trinajstić information content (AvgIpc) is 3.29. The van der Waals surface area contributed by atoms with Gasteiger partial charge in [0.1, 0.15) is 34.5 Å². The number of nitriles is 3. The van der Waals surface area contributed by atoms with Crippen LogP contribution in [0.4, 0.5) is 34.1 Å². The minimum Gasteiger partial charge on any atom is -0.458 e. The van der Waals surface area contributed by atoms with Crippen LogP contribution in [0.25, 0.3) is 0 Å². The Morgan fingerprint density at radius 1 is 0.443 bits per heavy atom. The lowest BCUT2D eigenvalue weighted by molar-refractivity contribution is 0.464.